The van der Waals surface area contributed by atoms with Gasteiger partial charge in [-0.15, -0.1) is 0 Å². The molecule has 1 heterocycles. The first-order valence-electron chi connectivity index (χ1n) is 7.14. The standard InChI is InChI=1S/C18H21N3/c1-18(2,3)15-9-7-14(8-10-15)17(12-19)21-13-16-6-4-5-11-20-16/h4-11,17,21H,13H2,1-3H3. The Kier molecular flexibility index (Phi) is 4.72. The summed E-state index contributed by atoms with van der Waals surface area (Å²) in [5.74, 6) is 0. The highest BCUT2D eigenvalue weighted by atomic mass is 14.9. The van der Waals surface area contributed by atoms with Crippen molar-refractivity contribution in [1.82, 2.24) is 10.3 Å². The highest BCUT2D eigenvalue weighted by Gasteiger charge is 2.15. The molecule has 1 aromatic heterocycles. The number of hydrogen-bond donors (Lipinski definition) is 1. The van der Waals surface area contributed by atoms with Gasteiger partial charge in [-0.05, 0) is 28.7 Å². The average Bonchev–Trinajstić information content (AvgIpc) is 2.48. The Hall–Kier alpha value is -2.18. The number of rotatable bonds is 4. The molecule has 3 heteroatoms. The fraction of sp³-hybridized carbons (Fsp3) is 0.333. The molecule has 0 amide bonds. The van der Waals surface area contributed by atoms with Crippen LogP contribution in [-0.2, 0) is 12.0 Å². The molecule has 3 nitrogen and oxygen atoms in total. The van der Waals surface area contributed by atoms with Crippen molar-refractivity contribution in [2.45, 2.75) is 38.8 Å². The van der Waals surface area contributed by atoms with Crippen LogP contribution in [0.2, 0.25) is 0 Å². The van der Waals surface area contributed by atoms with Crippen LogP contribution in [-0.4, -0.2) is 4.98 Å². The van der Waals surface area contributed by atoms with Crippen LogP contribution in [0.25, 0.3) is 0 Å². The van der Waals surface area contributed by atoms with E-state index in [-0.39, 0.29) is 11.5 Å². The van der Waals surface area contributed by atoms with Gasteiger partial charge < -0.3 is 0 Å². The van der Waals surface area contributed by atoms with Gasteiger partial charge in [-0.1, -0.05) is 51.1 Å². The third-order valence-corrected chi connectivity index (χ3v) is 3.45. The molecule has 0 saturated carbocycles. The molecule has 0 saturated heterocycles. The fourth-order valence-electron chi connectivity index (χ4n) is 2.12. The summed E-state index contributed by atoms with van der Waals surface area (Å²) in [5.41, 5.74) is 3.32. The summed E-state index contributed by atoms with van der Waals surface area (Å²) >= 11 is 0. The molecule has 1 N–H and O–H groups in total. The lowest BCUT2D eigenvalue weighted by molar-refractivity contribution is 0.587. The predicted octanol–water partition coefficient (Wildman–Crippen LogP) is 3.73. The maximum absolute atomic E-state index is 9.35. The van der Waals surface area contributed by atoms with Crippen molar-refractivity contribution >= 4 is 0 Å². The second-order valence-electron chi connectivity index (χ2n) is 6.14. The molecule has 0 aliphatic rings. The van der Waals surface area contributed by atoms with E-state index in [9.17, 15) is 5.26 Å². The molecule has 0 aliphatic heterocycles. The summed E-state index contributed by atoms with van der Waals surface area (Å²) in [4.78, 5) is 4.25. The highest BCUT2D eigenvalue weighted by Crippen LogP contribution is 2.23. The van der Waals surface area contributed by atoms with Crippen LogP contribution in [0.4, 0.5) is 0 Å². The van der Waals surface area contributed by atoms with Crippen molar-refractivity contribution in [2.75, 3.05) is 0 Å². The monoisotopic (exact) mass is 279 g/mol. The Morgan fingerprint density at radius 3 is 2.38 bits per heavy atom. The molecule has 2 aromatic rings. The van der Waals surface area contributed by atoms with E-state index in [0.29, 0.717) is 6.54 Å². The average molecular weight is 279 g/mol. The van der Waals surface area contributed by atoms with Gasteiger partial charge in [0.25, 0.3) is 0 Å². The van der Waals surface area contributed by atoms with Crippen molar-refractivity contribution in [2.24, 2.45) is 0 Å². The van der Waals surface area contributed by atoms with E-state index in [1.54, 1.807) is 6.20 Å². The van der Waals surface area contributed by atoms with Crippen LogP contribution < -0.4 is 5.32 Å². The van der Waals surface area contributed by atoms with Gasteiger partial charge in [-0.3, -0.25) is 10.3 Å². The summed E-state index contributed by atoms with van der Waals surface area (Å²) in [6, 6.07) is 16.0. The van der Waals surface area contributed by atoms with Gasteiger partial charge in [-0.25, -0.2) is 0 Å². The van der Waals surface area contributed by atoms with Crippen LogP contribution in [0.3, 0.4) is 0 Å². The highest BCUT2D eigenvalue weighted by molar-refractivity contribution is 5.31. The number of pyridine rings is 1. The van der Waals surface area contributed by atoms with E-state index in [1.807, 2.05) is 30.3 Å². The molecule has 0 bridgehead atoms. The Morgan fingerprint density at radius 2 is 1.86 bits per heavy atom. The van der Waals surface area contributed by atoms with E-state index in [4.69, 9.17) is 0 Å². The van der Waals surface area contributed by atoms with Crippen molar-refractivity contribution in [1.29, 1.82) is 5.26 Å². The largest absolute Gasteiger partial charge is 0.293 e. The lowest BCUT2D eigenvalue weighted by Gasteiger charge is -2.20. The Morgan fingerprint density at radius 1 is 1.14 bits per heavy atom. The maximum Gasteiger partial charge on any atom is 0.121 e. The maximum atomic E-state index is 9.35. The van der Waals surface area contributed by atoms with E-state index in [1.165, 1.54) is 5.56 Å². The van der Waals surface area contributed by atoms with Crippen LogP contribution >= 0.6 is 0 Å². The zero-order valence-electron chi connectivity index (χ0n) is 12.8. The molecular weight excluding hydrogens is 258 g/mol. The Balaban J connectivity index is 2.06. The molecule has 1 aromatic carbocycles. The Labute approximate surface area is 126 Å². The lowest BCUT2D eigenvalue weighted by atomic mass is 9.86. The molecular formula is C18H21N3. The quantitative estimate of drug-likeness (QED) is 0.927. The molecule has 108 valence electrons. The van der Waals surface area contributed by atoms with Gasteiger partial charge in [0.1, 0.15) is 6.04 Å². The van der Waals surface area contributed by atoms with Gasteiger partial charge >= 0.3 is 0 Å². The van der Waals surface area contributed by atoms with E-state index < -0.39 is 0 Å². The van der Waals surface area contributed by atoms with Gasteiger partial charge in [0.05, 0.1) is 11.8 Å². The Bertz CT molecular complexity index is 604. The minimum Gasteiger partial charge on any atom is -0.293 e. The summed E-state index contributed by atoms with van der Waals surface area (Å²) in [5, 5.41) is 12.6. The number of benzene rings is 1. The first kappa shape index (κ1) is 15.2. The summed E-state index contributed by atoms with van der Waals surface area (Å²) in [6.45, 7) is 7.13. The van der Waals surface area contributed by atoms with Crippen molar-refractivity contribution < 1.29 is 0 Å². The first-order valence-corrected chi connectivity index (χ1v) is 7.14. The number of aromatic nitrogens is 1. The smallest absolute Gasteiger partial charge is 0.121 e. The predicted molar refractivity (Wildman–Crippen MR) is 84.6 cm³/mol. The van der Waals surface area contributed by atoms with E-state index >= 15 is 0 Å². The molecule has 21 heavy (non-hydrogen) atoms. The number of nitrogens with one attached hydrogen (secondary N) is 1. The zero-order chi connectivity index (χ0) is 15.3. The van der Waals surface area contributed by atoms with Gasteiger partial charge in [0.15, 0.2) is 0 Å². The fourth-order valence-corrected chi connectivity index (χ4v) is 2.12. The topological polar surface area (TPSA) is 48.7 Å². The minimum atomic E-state index is -0.318. The molecule has 0 fully saturated rings. The third kappa shape index (κ3) is 4.14. The van der Waals surface area contributed by atoms with Gasteiger partial charge in [-0.2, -0.15) is 5.26 Å². The molecule has 0 radical (unpaired) electrons. The second kappa shape index (κ2) is 6.51. The van der Waals surface area contributed by atoms with Crippen LogP contribution in [0.1, 0.15) is 43.6 Å². The molecule has 1 unspecified atom stereocenters. The lowest BCUT2D eigenvalue weighted by Crippen LogP contribution is -2.20. The number of hydrogen-bond acceptors (Lipinski definition) is 3. The van der Waals surface area contributed by atoms with E-state index in [0.717, 1.165) is 11.3 Å². The minimum absolute atomic E-state index is 0.127. The van der Waals surface area contributed by atoms with Crippen LogP contribution in [0.15, 0.2) is 48.7 Å². The first-order chi connectivity index (χ1) is 10.0. The van der Waals surface area contributed by atoms with Crippen LogP contribution in [0.5, 0.6) is 0 Å². The van der Waals surface area contributed by atoms with Crippen molar-refractivity contribution in [3.8, 4) is 6.07 Å². The summed E-state index contributed by atoms with van der Waals surface area (Å²) < 4.78 is 0. The molecule has 0 spiro atoms. The summed E-state index contributed by atoms with van der Waals surface area (Å²) in [6.07, 6.45) is 1.76. The summed E-state index contributed by atoms with van der Waals surface area (Å²) in [7, 11) is 0. The van der Waals surface area contributed by atoms with Crippen LogP contribution in [0, 0.1) is 11.3 Å². The molecule has 2 rings (SSSR count). The third-order valence-electron chi connectivity index (χ3n) is 3.45. The number of nitriles is 1. The van der Waals surface area contributed by atoms with E-state index in [2.05, 4.69) is 49.3 Å². The van der Waals surface area contributed by atoms with Gasteiger partial charge in [0.2, 0.25) is 0 Å². The second-order valence-corrected chi connectivity index (χ2v) is 6.14. The molecule has 1 atom stereocenters. The zero-order valence-corrected chi connectivity index (χ0v) is 12.8. The van der Waals surface area contributed by atoms with Crippen molar-refractivity contribution in [3.05, 3.63) is 65.5 Å². The SMILES string of the molecule is CC(C)(C)c1ccc(C(C#N)NCc2ccccn2)cc1. The number of nitrogens with zero attached hydrogens (tertiary/aromatic N) is 2. The molecule has 0 aliphatic carbocycles. The normalized spacial score (nSPS) is 12.7. The van der Waals surface area contributed by atoms with Crippen molar-refractivity contribution in [3.63, 3.8) is 0 Å². The van der Waals surface area contributed by atoms with Gasteiger partial charge in [0, 0.05) is 12.7 Å².